The summed E-state index contributed by atoms with van der Waals surface area (Å²) in [6.07, 6.45) is 0.626. The molecule has 5 heteroatoms. The molecule has 2 rings (SSSR count). The largest absolute Gasteiger partial charge is 0.271 e. The maximum Gasteiger partial charge on any atom is 0.142 e. The van der Waals surface area contributed by atoms with Gasteiger partial charge in [-0.2, -0.15) is 11.3 Å². The van der Waals surface area contributed by atoms with Crippen molar-refractivity contribution in [2.75, 3.05) is 0 Å². The van der Waals surface area contributed by atoms with Crippen LogP contribution in [0, 0.1) is 5.82 Å². The molecule has 1 heterocycles. The average molecular weight is 271 g/mol. The molecule has 2 aromatic rings. The van der Waals surface area contributed by atoms with Gasteiger partial charge in [0.1, 0.15) is 5.82 Å². The number of nitrogens with two attached hydrogens (primary N) is 1. The van der Waals surface area contributed by atoms with Crippen LogP contribution >= 0.6 is 22.9 Å². The van der Waals surface area contributed by atoms with Crippen molar-refractivity contribution in [3.05, 3.63) is 57.0 Å². The lowest BCUT2D eigenvalue weighted by molar-refractivity contribution is 0.550. The fourth-order valence-corrected chi connectivity index (χ4v) is 2.48. The van der Waals surface area contributed by atoms with E-state index in [0.29, 0.717) is 6.42 Å². The van der Waals surface area contributed by atoms with Gasteiger partial charge in [-0.3, -0.25) is 11.3 Å². The van der Waals surface area contributed by atoms with E-state index in [1.807, 2.05) is 22.9 Å². The SMILES string of the molecule is NNC(Cc1ccc(Cl)c(F)c1)c1ccsc1. The Bertz CT molecular complexity index is 487. The first-order valence-corrected chi connectivity index (χ1v) is 6.45. The topological polar surface area (TPSA) is 38.0 Å². The Hall–Kier alpha value is -0.940. The second-order valence-corrected chi connectivity index (χ2v) is 4.92. The molecule has 1 aromatic carbocycles. The molecule has 2 nitrogen and oxygen atoms in total. The Labute approximate surface area is 108 Å². The third kappa shape index (κ3) is 3.04. The van der Waals surface area contributed by atoms with E-state index in [1.54, 1.807) is 17.4 Å². The predicted octanol–water partition coefficient (Wildman–Crippen LogP) is 3.29. The summed E-state index contributed by atoms with van der Waals surface area (Å²) in [6, 6.07) is 6.80. The van der Waals surface area contributed by atoms with E-state index in [2.05, 4.69) is 5.43 Å². The molecular weight excluding hydrogens is 259 g/mol. The van der Waals surface area contributed by atoms with E-state index in [-0.39, 0.29) is 11.1 Å². The molecule has 90 valence electrons. The Kier molecular flexibility index (Phi) is 4.12. The number of nitrogens with one attached hydrogen (secondary N) is 1. The van der Waals surface area contributed by atoms with Gasteiger partial charge in [0.15, 0.2) is 0 Å². The molecule has 0 radical (unpaired) electrons. The molecule has 3 N–H and O–H groups in total. The fraction of sp³-hybridized carbons (Fsp3) is 0.167. The van der Waals surface area contributed by atoms with E-state index < -0.39 is 5.82 Å². The van der Waals surface area contributed by atoms with Crippen molar-refractivity contribution < 1.29 is 4.39 Å². The van der Waals surface area contributed by atoms with Gasteiger partial charge in [-0.1, -0.05) is 17.7 Å². The normalized spacial score (nSPS) is 12.6. The molecule has 0 aliphatic carbocycles. The lowest BCUT2D eigenvalue weighted by Gasteiger charge is -2.14. The monoisotopic (exact) mass is 270 g/mol. The van der Waals surface area contributed by atoms with Crippen LogP contribution in [0.15, 0.2) is 35.0 Å². The third-order valence-corrected chi connectivity index (χ3v) is 3.58. The van der Waals surface area contributed by atoms with Gasteiger partial charge in [0, 0.05) is 0 Å². The average Bonchev–Trinajstić information content (AvgIpc) is 2.84. The van der Waals surface area contributed by atoms with Crippen LogP contribution in [0.4, 0.5) is 4.39 Å². The highest BCUT2D eigenvalue weighted by Gasteiger charge is 2.12. The van der Waals surface area contributed by atoms with Crippen molar-refractivity contribution in [2.24, 2.45) is 5.84 Å². The molecule has 1 atom stereocenters. The van der Waals surface area contributed by atoms with Crippen molar-refractivity contribution in [3.63, 3.8) is 0 Å². The Morgan fingerprint density at radius 1 is 1.41 bits per heavy atom. The van der Waals surface area contributed by atoms with Crippen molar-refractivity contribution in [2.45, 2.75) is 12.5 Å². The number of hydrazine groups is 1. The standard InChI is InChI=1S/C12H12ClFN2S/c13-10-2-1-8(5-11(10)14)6-12(16-15)9-3-4-17-7-9/h1-5,7,12,16H,6,15H2. The lowest BCUT2D eigenvalue weighted by Crippen LogP contribution is -2.29. The summed E-state index contributed by atoms with van der Waals surface area (Å²) in [4.78, 5) is 0. The van der Waals surface area contributed by atoms with E-state index in [4.69, 9.17) is 17.4 Å². The summed E-state index contributed by atoms with van der Waals surface area (Å²) < 4.78 is 13.3. The van der Waals surface area contributed by atoms with Crippen LogP contribution in [-0.4, -0.2) is 0 Å². The van der Waals surface area contributed by atoms with Gasteiger partial charge < -0.3 is 0 Å². The van der Waals surface area contributed by atoms with Crippen molar-refractivity contribution >= 4 is 22.9 Å². The van der Waals surface area contributed by atoms with Gasteiger partial charge in [-0.15, -0.1) is 0 Å². The second kappa shape index (κ2) is 5.60. The predicted molar refractivity (Wildman–Crippen MR) is 69.5 cm³/mol. The van der Waals surface area contributed by atoms with Crippen LogP contribution in [0.1, 0.15) is 17.2 Å². The van der Waals surface area contributed by atoms with Crippen LogP contribution in [0.3, 0.4) is 0 Å². The highest BCUT2D eigenvalue weighted by atomic mass is 35.5. The van der Waals surface area contributed by atoms with Crippen molar-refractivity contribution in [3.8, 4) is 0 Å². The van der Waals surface area contributed by atoms with Crippen molar-refractivity contribution in [1.29, 1.82) is 0 Å². The molecule has 0 fully saturated rings. The number of rotatable bonds is 4. The minimum absolute atomic E-state index is 0.0122. The first-order chi connectivity index (χ1) is 8.20. The Balaban J connectivity index is 2.16. The zero-order valence-electron chi connectivity index (χ0n) is 8.99. The lowest BCUT2D eigenvalue weighted by atomic mass is 10.0. The van der Waals surface area contributed by atoms with Crippen LogP contribution in [0.2, 0.25) is 5.02 Å². The number of thiophene rings is 1. The van der Waals surface area contributed by atoms with Gasteiger partial charge in [0.25, 0.3) is 0 Å². The summed E-state index contributed by atoms with van der Waals surface area (Å²) in [6.45, 7) is 0. The number of hydrogen-bond acceptors (Lipinski definition) is 3. The van der Waals surface area contributed by atoms with Gasteiger partial charge in [-0.05, 0) is 46.5 Å². The van der Waals surface area contributed by atoms with Gasteiger partial charge in [0.05, 0.1) is 11.1 Å². The summed E-state index contributed by atoms with van der Waals surface area (Å²) in [7, 11) is 0. The molecule has 0 saturated heterocycles. The Morgan fingerprint density at radius 3 is 2.82 bits per heavy atom. The molecule has 0 aliphatic heterocycles. The molecule has 1 aromatic heterocycles. The molecule has 1 unspecified atom stereocenters. The van der Waals surface area contributed by atoms with Crippen molar-refractivity contribution in [1.82, 2.24) is 5.43 Å². The first-order valence-electron chi connectivity index (χ1n) is 5.13. The van der Waals surface area contributed by atoms with Crippen LogP contribution in [-0.2, 0) is 6.42 Å². The Morgan fingerprint density at radius 2 is 2.24 bits per heavy atom. The minimum atomic E-state index is -0.398. The van der Waals surface area contributed by atoms with Crippen LogP contribution in [0.25, 0.3) is 0 Å². The summed E-state index contributed by atoms with van der Waals surface area (Å²) >= 11 is 7.25. The van der Waals surface area contributed by atoms with Gasteiger partial charge in [-0.25, -0.2) is 4.39 Å². The molecular formula is C12H12ClFN2S. The fourth-order valence-electron chi connectivity index (χ4n) is 1.65. The smallest absolute Gasteiger partial charge is 0.142 e. The molecule has 0 spiro atoms. The van der Waals surface area contributed by atoms with Gasteiger partial charge >= 0.3 is 0 Å². The summed E-state index contributed by atoms with van der Waals surface area (Å²) in [5, 5.41) is 4.15. The zero-order valence-corrected chi connectivity index (χ0v) is 10.6. The number of halogens is 2. The zero-order chi connectivity index (χ0) is 12.3. The molecule has 17 heavy (non-hydrogen) atoms. The molecule has 0 aliphatic rings. The van der Waals surface area contributed by atoms with Gasteiger partial charge in [0.2, 0.25) is 0 Å². The first kappa shape index (κ1) is 12.5. The van der Waals surface area contributed by atoms with E-state index in [1.165, 1.54) is 6.07 Å². The molecule has 0 bridgehead atoms. The quantitative estimate of drug-likeness (QED) is 0.661. The second-order valence-electron chi connectivity index (χ2n) is 3.73. The highest BCUT2D eigenvalue weighted by Crippen LogP contribution is 2.22. The number of benzene rings is 1. The molecule has 0 amide bonds. The van der Waals surface area contributed by atoms with E-state index in [9.17, 15) is 4.39 Å². The van der Waals surface area contributed by atoms with Crippen LogP contribution < -0.4 is 11.3 Å². The maximum atomic E-state index is 13.3. The van der Waals surface area contributed by atoms with E-state index >= 15 is 0 Å². The third-order valence-electron chi connectivity index (χ3n) is 2.57. The number of hydrogen-bond donors (Lipinski definition) is 2. The summed E-state index contributed by atoms with van der Waals surface area (Å²) in [5.74, 6) is 5.12. The minimum Gasteiger partial charge on any atom is -0.271 e. The molecule has 0 saturated carbocycles. The van der Waals surface area contributed by atoms with E-state index in [0.717, 1.165) is 11.1 Å². The van der Waals surface area contributed by atoms with Crippen LogP contribution in [0.5, 0.6) is 0 Å². The maximum absolute atomic E-state index is 13.3. The summed E-state index contributed by atoms with van der Waals surface area (Å²) in [5.41, 5.74) is 4.70. The highest BCUT2D eigenvalue weighted by molar-refractivity contribution is 7.07.